The van der Waals surface area contributed by atoms with Crippen LogP contribution in [0.25, 0.3) is 5.82 Å². The lowest BCUT2D eigenvalue weighted by atomic mass is 9.93. The maximum Gasteiger partial charge on any atom is 0.265 e. The van der Waals surface area contributed by atoms with Crippen LogP contribution in [0.15, 0.2) is 47.6 Å². The van der Waals surface area contributed by atoms with Gasteiger partial charge in [0.05, 0.1) is 17.8 Å². The normalized spacial score (nSPS) is 25.2. The zero-order chi connectivity index (χ0) is 29.5. The van der Waals surface area contributed by atoms with Gasteiger partial charge in [0.1, 0.15) is 16.7 Å². The van der Waals surface area contributed by atoms with Crippen LogP contribution in [0.2, 0.25) is 0 Å². The molecule has 1 saturated heterocycles. The lowest BCUT2D eigenvalue weighted by molar-refractivity contribution is 0.0810. The highest BCUT2D eigenvalue weighted by molar-refractivity contribution is 7.97. The van der Waals surface area contributed by atoms with Gasteiger partial charge in [-0.05, 0) is 89.0 Å². The van der Waals surface area contributed by atoms with Gasteiger partial charge >= 0.3 is 0 Å². The Bertz CT molecular complexity index is 1560. The summed E-state index contributed by atoms with van der Waals surface area (Å²) in [5.74, 6) is 2.90. The number of hydrogen-bond donors (Lipinski definition) is 3. The molecular weight excluding hydrogens is 562 g/mol. The van der Waals surface area contributed by atoms with Gasteiger partial charge in [-0.2, -0.15) is 0 Å². The smallest absolute Gasteiger partial charge is 0.265 e. The van der Waals surface area contributed by atoms with Crippen molar-refractivity contribution in [2.24, 2.45) is 16.7 Å². The van der Waals surface area contributed by atoms with Crippen molar-refractivity contribution < 1.29 is 14.6 Å². The highest BCUT2D eigenvalue weighted by Crippen LogP contribution is 2.94. The lowest BCUT2D eigenvalue weighted by Gasteiger charge is -2.34. The highest BCUT2D eigenvalue weighted by atomic mass is 32.2. The zero-order valence-corrected chi connectivity index (χ0v) is 25.6. The summed E-state index contributed by atoms with van der Waals surface area (Å²) < 4.78 is 10.7. The van der Waals surface area contributed by atoms with Crippen LogP contribution in [0.1, 0.15) is 75.6 Å². The van der Waals surface area contributed by atoms with Gasteiger partial charge in [-0.3, -0.25) is 9.52 Å². The molecule has 5 heterocycles. The van der Waals surface area contributed by atoms with Crippen LogP contribution in [0.4, 0.5) is 11.6 Å². The molecule has 4 bridgehead atoms. The fourth-order valence-corrected chi connectivity index (χ4v) is 9.07. The Balaban J connectivity index is 1.04. The average Bonchev–Trinajstić information content (AvgIpc) is 3.93. The molecule has 2 spiro atoms. The van der Waals surface area contributed by atoms with Crippen molar-refractivity contribution in [3.8, 4) is 11.7 Å². The van der Waals surface area contributed by atoms with Gasteiger partial charge in [-0.25, -0.2) is 14.6 Å². The summed E-state index contributed by atoms with van der Waals surface area (Å²) in [6.45, 7) is 6.61. The minimum Gasteiger partial charge on any atom is -0.476 e. The van der Waals surface area contributed by atoms with Crippen molar-refractivity contribution in [3.63, 3.8) is 0 Å². The summed E-state index contributed by atoms with van der Waals surface area (Å²) in [6, 6.07) is 11.3. The van der Waals surface area contributed by atoms with Crippen LogP contribution in [-0.2, 0) is 0 Å². The summed E-state index contributed by atoms with van der Waals surface area (Å²) in [4.78, 5) is 25.6. The van der Waals surface area contributed by atoms with Crippen molar-refractivity contribution in [2.75, 3.05) is 29.9 Å². The molecule has 226 valence electrons. The SMILES string of the molecule is CC1(C)CC2CCCNc3cccc(n3)SNC(=O)c3ccc(-n4ccc(OCCC5(O)C6(CC6)C56CC6)n4)nc3N1C2. The molecule has 3 aliphatic carbocycles. The minimum atomic E-state index is -0.540. The predicted octanol–water partition coefficient (Wildman–Crippen LogP) is 4.98. The van der Waals surface area contributed by atoms with E-state index in [4.69, 9.17) is 9.72 Å². The maximum absolute atomic E-state index is 13.6. The van der Waals surface area contributed by atoms with Gasteiger partial charge in [0.2, 0.25) is 5.88 Å². The van der Waals surface area contributed by atoms with Crippen LogP contribution in [0.5, 0.6) is 5.88 Å². The molecule has 5 aliphatic rings. The van der Waals surface area contributed by atoms with Crippen molar-refractivity contribution in [2.45, 2.75) is 81.4 Å². The first-order chi connectivity index (χ1) is 20.7. The number of aliphatic hydroxyl groups is 1. The van der Waals surface area contributed by atoms with Crippen molar-refractivity contribution in [1.82, 2.24) is 24.5 Å². The fraction of sp³-hybridized carbons (Fsp3) is 0.562. The molecule has 1 amide bonds. The standard InChI is InChI=1S/C32H39N7O3S/c1-29(2)19-21-5-4-16-33-23-6-3-7-26(34-23)43-37-28(40)22-8-9-24(35-27(22)38(29)20-21)39-17-10-25(36-39)42-18-15-32(41)30(11-12-30)31(32)13-14-31/h3,6-10,17,21,41H,4-5,11-16,18-20H2,1-2H3,(H,33,34)(H,37,40). The number of nitrogens with zero attached hydrogens (tertiary/aromatic N) is 5. The Morgan fingerprint density at radius 2 is 1.91 bits per heavy atom. The van der Waals surface area contributed by atoms with E-state index in [1.807, 2.05) is 42.6 Å². The Morgan fingerprint density at radius 1 is 1.09 bits per heavy atom. The Labute approximate surface area is 256 Å². The number of pyridine rings is 2. The quantitative estimate of drug-likeness (QED) is 0.348. The Kier molecular flexibility index (Phi) is 6.08. The van der Waals surface area contributed by atoms with E-state index in [-0.39, 0.29) is 22.3 Å². The Hall–Kier alpha value is -3.31. The first-order valence-corrected chi connectivity index (χ1v) is 16.4. The number of fused-ring (bicyclic) bond motifs is 7. The highest BCUT2D eigenvalue weighted by Gasteiger charge is 2.95. The third kappa shape index (κ3) is 4.33. The number of carbonyl (C=O) groups excluding carboxylic acids is 1. The fourth-order valence-electron chi connectivity index (χ4n) is 8.47. The third-order valence-electron chi connectivity index (χ3n) is 10.8. The molecule has 11 heteroatoms. The number of aromatic nitrogens is 4. The van der Waals surface area contributed by atoms with E-state index in [9.17, 15) is 9.90 Å². The number of anilines is 2. The van der Waals surface area contributed by atoms with Crippen LogP contribution < -0.4 is 19.7 Å². The van der Waals surface area contributed by atoms with Gasteiger partial charge in [0.15, 0.2) is 5.82 Å². The summed E-state index contributed by atoms with van der Waals surface area (Å²) in [5, 5.41) is 20.0. The molecule has 1 atom stereocenters. The average molecular weight is 602 g/mol. The first kappa shape index (κ1) is 27.3. The van der Waals surface area contributed by atoms with Gasteiger partial charge in [-0.15, -0.1) is 5.10 Å². The first-order valence-electron chi connectivity index (χ1n) is 15.6. The van der Waals surface area contributed by atoms with E-state index in [2.05, 4.69) is 38.9 Å². The second kappa shape index (κ2) is 9.59. The third-order valence-corrected chi connectivity index (χ3v) is 11.6. The number of nitrogens with one attached hydrogen (secondary N) is 2. The number of hydrogen-bond acceptors (Lipinski definition) is 9. The Morgan fingerprint density at radius 3 is 2.70 bits per heavy atom. The molecule has 10 nitrogen and oxygen atoms in total. The summed E-state index contributed by atoms with van der Waals surface area (Å²) in [6.07, 6.45) is 10.3. The minimum absolute atomic E-state index is 0.159. The van der Waals surface area contributed by atoms with Gasteiger partial charge in [-0.1, -0.05) is 6.07 Å². The predicted molar refractivity (Wildman–Crippen MR) is 165 cm³/mol. The second-order valence-electron chi connectivity index (χ2n) is 13.7. The zero-order valence-electron chi connectivity index (χ0n) is 24.8. The topological polar surface area (TPSA) is 117 Å². The molecule has 3 N–H and O–H groups in total. The van der Waals surface area contributed by atoms with E-state index in [1.165, 1.54) is 11.9 Å². The van der Waals surface area contributed by atoms with E-state index in [1.54, 1.807) is 4.68 Å². The van der Waals surface area contributed by atoms with E-state index in [0.717, 1.165) is 68.9 Å². The van der Waals surface area contributed by atoms with E-state index < -0.39 is 5.60 Å². The van der Waals surface area contributed by atoms with E-state index >= 15 is 0 Å². The molecule has 43 heavy (non-hydrogen) atoms. The molecule has 3 aromatic heterocycles. The van der Waals surface area contributed by atoms with Crippen LogP contribution in [0, 0.1) is 16.7 Å². The van der Waals surface area contributed by atoms with Gasteiger partial charge in [0, 0.05) is 60.1 Å². The van der Waals surface area contributed by atoms with E-state index in [0.29, 0.717) is 42.0 Å². The maximum atomic E-state index is 13.6. The van der Waals surface area contributed by atoms with Crippen LogP contribution in [0.3, 0.4) is 0 Å². The largest absolute Gasteiger partial charge is 0.476 e. The molecular formula is C32H39N7O3S. The van der Waals surface area contributed by atoms with Gasteiger partial charge in [0.25, 0.3) is 5.91 Å². The lowest BCUT2D eigenvalue weighted by Crippen LogP contribution is -2.40. The molecule has 2 aliphatic heterocycles. The van der Waals surface area contributed by atoms with Crippen molar-refractivity contribution >= 4 is 29.5 Å². The van der Waals surface area contributed by atoms with Crippen LogP contribution >= 0.6 is 11.9 Å². The van der Waals surface area contributed by atoms with Gasteiger partial charge < -0.3 is 20.1 Å². The number of ether oxygens (including phenoxy) is 1. The molecule has 3 saturated carbocycles. The number of carbonyl (C=O) groups is 1. The second-order valence-corrected chi connectivity index (χ2v) is 14.5. The molecule has 1 unspecified atom stereocenters. The molecule has 3 aromatic rings. The van der Waals surface area contributed by atoms with Crippen molar-refractivity contribution in [1.29, 1.82) is 0 Å². The van der Waals surface area contributed by atoms with Crippen LogP contribution in [-0.4, -0.2) is 61.6 Å². The molecule has 0 radical (unpaired) electrons. The molecule has 8 rings (SSSR count). The number of rotatable bonds is 5. The van der Waals surface area contributed by atoms with Crippen molar-refractivity contribution in [3.05, 3.63) is 48.2 Å². The molecule has 4 fully saturated rings. The summed E-state index contributed by atoms with van der Waals surface area (Å²) >= 11 is 1.21. The summed E-state index contributed by atoms with van der Waals surface area (Å²) in [7, 11) is 0. The molecule has 0 aromatic carbocycles. The number of amides is 1. The monoisotopic (exact) mass is 601 g/mol. The summed E-state index contributed by atoms with van der Waals surface area (Å²) in [5.41, 5.74) is 0.227.